The maximum Gasteiger partial charge on any atom is 0.243 e. The number of benzene rings is 3. The van der Waals surface area contributed by atoms with Crippen molar-refractivity contribution in [3.8, 4) is 5.75 Å². The molecule has 0 saturated carbocycles. The van der Waals surface area contributed by atoms with E-state index >= 15 is 0 Å². The number of anilines is 2. The van der Waals surface area contributed by atoms with Crippen LogP contribution in [-0.4, -0.2) is 67.4 Å². The highest BCUT2D eigenvalue weighted by Crippen LogP contribution is 2.24. The topological polar surface area (TPSA) is 87.7 Å². The number of rotatable bonds is 8. The second-order valence-corrected chi connectivity index (χ2v) is 10.6. The summed E-state index contributed by atoms with van der Waals surface area (Å²) in [7, 11) is -1.96. The van der Waals surface area contributed by atoms with E-state index in [0.717, 1.165) is 34.8 Å². The predicted molar refractivity (Wildman–Crippen MR) is 141 cm³/mol. The van der Waals surface area contributed by atoms with Gasteiger partial charge >= 0.3 is 0 Å². The zero-order chi connectivity index (χ0) is 25.0. The predicted octanol–water partition coefficient (Wildman–Crippen LogP) is 3.93. The summed E-state index contributed by atoms with van der Waals surface area (Å²) < 4.78 is 32.7. The van der Waals surface area contributed by atoms with Crippen LogP contribution in [-0.2, 0) is 16.4 Å². The van der Waals surface area contributed by atoms with Crippen molar-refractivity contribution in [1.82, 2.24) is 19.2 Å². The first-order valence-corrected chi connectivity index (χ1v) is 13.4. The number of hydrogen-bond acceptors (Lipinski definition) is 7. The Hall–Kier alpha value is -3.53. The van der Waals surface area contributed by atoms with E-state index in [-0.39, 0.29) is 0 Å². The number of methoxy groups -OCH3 is 1. The van der Waals surface area contributed by atoms with Crippen molar-refractivity contribution in [2.75, 3.05) is 45.2 Å². The summed E-state index contributed by atoms with van der Waals surface area (Å²) in [5.41, 5.74) is 1.87. The highest BCUT2D eigenvalue weighted by molar-refractivity contribution is 7.89. The molecule has 2 heterocycles. The monoisotopic (exact) mass is 503 g/mol. The second-order valence-electron chi connectivity index (χ2n) is 8.67. The lowest BCUT2D eigenvalue weighted by Gasteiger charge is -2.33. The standard InChI is InChI=1S/C27H29N5O3S/c1-35-22-11-13-23(14-12-22)36(33,34)32-19-17-31(18-20-32)16-15-26-29-25-10-6-5-9-24(25)27(30-26)28-21-7-3-2-4-8-21/h2-14H,15-20H2,1H3,(H,28,29,30). The van der Waals surface area contributed by atoms with Crippen molar-refractivity contribution in [2.45, 2.75) is 11.3 Å². The summed E-state index contributed by atoms with van der Waals surface area (Å²) in [5, 5.41) is 4.40. The summed E-state index contributed by atoms with van der Waals surface area (Å²) in [5.74, 6) is 2.19. The van der Waals surface area contributed by atoms with Crippen LogP contribution in [0.5, 0.6) is 5.75 Å². The lowest BCUT2D eigenvalue weighted by molar-refractivity contribution is 0.189. The Morgan fingerprint density at radius 3 is 2.28 bits per heavy atom. The third-order valence-corrected chi connectivity index (χ3v) is 8.28. The molecule has 1 saturated heterocycles. The number of ether oxygens (including phenoxy) is 1. The van der Waals surface area contributed by atoms with Crippen LogP contribution in [0, 0.1) is 0 Å². The van der Waals surface area contributed by atoms with E-state index in [1.54, 1.807) is 35.7 Å². The first kappa shape index (κ1) is 24.2. The van der Waals surface area contributed by atoms with Crippen molar-refractivity contribution in [2.24, 2.45) is 0 Å². The van der Waals surface area contributed by atoms with Gasteiger partial charge in [-0.3, -0.25) is 0 Å². The summed E-state index contributed by atoms with van der Waals surface area (Å²) in [6, 6.07) is 24.5. The Morgan fingerprint density at radius 1 is 0.861 bits per heavy atom. The second kappa shape index (κ2) is 10.6. The molecule has 0 atom stereocenters. The maximum absolute atomic E-state index is 13.0. The fourth-order valence-corrected chi connectivity index (χ4v) is 5.76. The smallest absolute Gasteiger partial charge is 0.243 e. The average molecular weight is 504 g/mol. The number of aromatic nitrogens is 2. The summed E-state index contributed by atoms with van der Waals surface area (Å²) >= 11 is 0. The highest BCUT2D eigenvalue weighted by atomic mass is 32.2. The molecule has 1 aliphatic heterocycles. The molecule has 4 aromatic rings. The molecule has 0 spiro atoms. The van der Waals surface area contributed by atoms with Crippen molar-refractivity contribution >= 4 is 32.4 Å². The summed E-state index contributed by atoms with van der Waals surface area (Å²) in [6.45, 7) is 3.00. The third kappa shape index (κ3) is 5.33. The van der Waals surface area contributed by atoms with Gasteiger partial charge < -0.3 is 15.0 Å². The number of piperazine rings is 1. The molecule has 1 aromatic heterocycles. The number of nitrogens with one attached hydrogen (secondary N) is 1. The molecule has 1 aliphatic rings. The molecule has 36 heavy (non-hydrogen) atoms. The zero-order valence-corrected chi connectivity index (χ0v) is 21.0. The number of hydrogen-bond donors (Lipinski definition) is 1. The molecule has 3 aromatic carbocycles. The van der Waals surface area contributed by atoms with Gasteiger partial charge in [0.2, 0.25) is 10.0 Å². The highest BCUT2D eigenvalue weighted by Gasteiger charge is 2.28. The van der Waals surface area contributed by atoms with E-state index in [1.165, 1.54) is 0 Å². The number of fused-ring (bicyclic) bond motifs is 1. The van der Waals surface area contributed by atoms with Gasteiger partial charge in [0.25, 0.3) is 0 Å². The third-order valence-electron chi connectivity index (χ3n) is 6.37. The van der Waals surface area contributed by atoms with E-state index in [4.69, 9.17) is 14.7 Å². The Kier molecular flexibility index (Phi) is 7.13. The van der Waals surface area contributed by atoms with Gasteiger partial charge in [-0.05, 0) is 48.5 Å². The minimum Gasteiger partial charge on any atom is -0.497 e. The molecule has 0 bridgehead atoms. The Labute approximate surface area is 211 Å². The quantitative estimate of drug-likeness (QED) is 0.390. The largest absolute Gasteiger partial charge is 0.497 e. The molecule has 9 heteroatoms. The molecule has 0 aliphatic carbocycles. The minimum absolute atomic E-state index is 0.291. The molecule has 8 nitrogen and oxygen atoms in total. The zero-order valence-electron chi connectivity index (χ0n) is 20.2. The van der Waals surface area contributed by atoms with Crippen LogP contribution >= 0.6 is 0 Å². The van der Waals surface area contributed by atoms with Crippen LogP contribution in [0.2, 0.25) is 0 Å². The van der Waals surface area contributed by atoms with Gasteiger partial charge in [0.15, 0.2) is 0 Å². The van der Waals surface area contributed by atoms with Gasteiger partial charge in [-0.1, -0.05) is 30.3 Å². The van der Waals surface area contributed by atoms with Gasteiger partial charge in [0.05, 0.1) is 17.5 Å². The SMILES string of the molecule is COc1ccc(S(=O)(=O)N2CCN(CCc3nc(Nc4ccccc4)c4ccccc4n3)CC2)cc1. The van der Waals surface area contributed by atoms with Gasteiger partial charge in [-0.15, -0.1) is 0 Å². The van der Waals surface area contributed by atoms with Gasteiger partial charge in [-0.25, -0.2) is 18.4 Å². The molecule has 1 N–H and O–H groups in total. The molecular weight excluding hydrogens is 474 g/mol. The van der Waals surface area contributed by atoms with E-state index in [9.17, 15) is 8.42 Å². The van der Waals surface area contributed by atoms with E-state index < -0.39 is 10.0 Å². The molecule has 5 rings (SSSR count). The van der Waals surface area contributed by atoms with Gasteiger partial charge in [-0.2, -0.15) is 4.31 Å². The lowest BCUT2D eigenvalue weighted by atomic mass is 10.2. The lowest BCUT2D eigenvalue weighted by Crippen LogP contribution is -2.49. The molecule has 1 fully saturated rings. The normalized spacial score (nSPS) is 15.1. The van der Waals surface area contributed by atoms with E-state index in [0.29, 0.717) is 43.2 Å². The Balaban J connectivity index is 1.23. The fourth-order valence-electron chi connectivity index (χ4n) is 4.34. The minimum atomic E-state index is -3.52. The molecule has 0 unspecified atom stereocenters. The van der Waals surface area contributed by atoms with E-state index in [1.807, 2.05) is 54.6 Å². The average Bonchev–Trinajstić information content (AvgIpc) is 2.93. The number of nitrogens with zero attached hydrogens (tertiary/aromatic N) is 4. The van der Waals surface area contributed by atoms with Crippen LogP contribution < -0.4 is 10.1 Å². The van der Waals surface area contributed by atoms with Crippen LogP contribution in [0.15, 0.2) is 83.8 Å². The fraction of sp³-hybridized carbons (Fsp3) is 0.259. The summed E-state index contributed by atoms with van der Waals surface area (Å²) in [4.78, 5) is 12.2. The summed E-state index contributed by atoms with van der Waals surface area (Å²) in [6.07, 6.45) is 0.680. The van der Waals surface area contributed by atoms with Crippen LogP contribution in [0.1, 0.15) is 5.82 Å². The van der Waals surface area contributed by atoms with Crippen molar-refractivity contribution in [3.05, 3.63) is 84.7 Å². The van der Waals surface area contributed by atoms with Crippen LogP contribution in [0.4, 0.5) is 11.5 Å². The van der Waals surface area contributed by atoms with Crippen molar-refractivity contribution < 1.29 is 13.2 Å². The van der Waals surface area contributed by atoms with Crippen molar-refractivity contribution in [1.29, 1.82) is 0 Å². The number of para-hydroxylation sites is 2. The van der Waals surface area contributed by atoms with Crippen LogP contribution in [0.25, 0.3) is 10.9 Å². The van der Waals surface area contributed by atoms with Gasteiger partial charge in [0.1, 0.15) is 17.4 Å². The van der Waals surface area contributed by atoms with E-state index in [2.05, 4.69) is 10.2 Å². The number of sulfonamides is 1. The maximum atomic E-state index is 13.0. The van der Waals surface area contributed by atoms with Crippen molar-refractivity contribution in [3.63, 3.8) is 0 Å². The Bertz CT molecular complexity index is 1420. The molecule has 0 amide bonds. The molecule has 186 valence electrons. The molecular formula is C27H29N5O3S. The van der Waals surface area contributed by atoms with Gasteiger partial charge in [0, 0.05) is 50.2 Å². The first-order chi connectivity index (χ1) is 17.5. The molecule has 0 radical (unpaired) electrons. The first-order valence-electron chi connectivity index (χ1n) is 12.0. The van der Waals surface area contributed by atoms with Crippen LogP contribution in [0.3, 0.4) is 0 Å². The Morgan fingerprint density at radius 2 is 1.56 bits per heavy atom.